The minimum Gasteiger partial charge on any atom is -0.398 e. The Balaban J connectivity index is 2.31. The van der Waals surface area contributed by atoms with Gasteiger partial charge in [0.05, 0.1) is 17.9 Å². The summed E-state index contributed by atoms with van der Waals surface area (Å²) in [6.07, 6.45) is 0.365. The standard InChI is InChI=1S/C13H18N4O2/c1-19-7-6-17-13(18)4-5-16-11-3-2-10(9-14)12(15)8-11/h2-3,8,16H,4-7,15H2,1H3,(H,17,18). The normalized spacial score (nSPS) is 9.68. The number of carbonyl (C=O) groups excluding carboxylic acids is 1. The lowest BCUT2D eigenvalue weighted by molar-refractivity contribution is -0.121. The third-order valence-electron chi connectivity index (χ3n) is 2.48. The van der Waals surface area contributed by atoms with Gasteiger partial charge < -0.3 is 21.1 Å². The fraction of sp³-hybridized carbons (Fsp3) is 0.385. The number of rotatable bonds is 7. The Morgan fingerprint density at radius 1 is 1.47 bits per heavy atom. The quantitative estimate of drug-likeness (QED) is 0.496. The van der Waals surface area contributed by atoms with Crippen LogP contribution in [0.3, 0.4) is 0 Å². The third-order valence-corrected chi connectivity index (χ3v) is 2.48. The van der Waals surface area contributed by atoms with Crippen molar-refractivity contribution in [2.75, 3.05) is 37.9 Å². The van der Waals surface area contributed by atoms with Gasteiger partial charge in [-0.25, -0.2) is 0 Å². The zero-order valence-electron chi connectivity index (χ0n) is 10.9. The number of nitrogens with two attached hydrogens (primary N) is 1. The van der Waals surface area contributed by atoms with Crippen LogP contribution < -0.4 is 16.4 Å². The van der Waals surface area contributed by atoms with E-state index in [0.717, 1.165) is 5.69 Å². The van der Waals surface area contributed by atoms with Crippen LogP contribution in [-0.2, 0) is 9.53 Å². The van der Waals surface area contributed by atoms with E-state index in [1.54, 1.807) is 25.3 Å². The van der Waals surface area contributed by atoms with Gasteiger partial charge in [-0.1, -0.05) is 0 Å². The van der Waals surface area contributed by atoms with Gasteiger partial charge in [0.25, 0.3) is 0 Å². The Bertz CT molecular complexity index is 468. The molecule has 0 bridgehead atoms. The maximum Gasteiger partial charge on any atom is 0.221 e. The number of anilines is 2. The lowest BCUT2D eigenvalue weighted by atomic mass is 10.2. The van der Waals surface area contributed by atoms with Crippen molar-refractivity contribution in [3.8, 4) is 6.07 Å². The van der Waals surface area contributed by atoms with Crippen LogP contribution in [0.2, 0.25) is 0 Å². The Morgan fingerprint density at radius 3 is 2.89 bits per heavy atom. The summed E-state index contributed by atoms with van der Waals surface area (Å²) >= 11 is 0. The summed E-state index contributed by atoms with van der Waals surface area (Å²) in [5.74, 6) is -0.0360. The molecule has 0 aromatic heterocycles. The van der Waals surface area contributed by atoms with Gasteiger partial charge in [-0.3, -0.25) is 4.79 Å². The largest absolute Gasteiger partial charge is 0.398 e. The predicted molar refractivity (Wildman–Crippen MR) is 73.6 cm³/mol. The van der Waals surface area contributed by atoms with E-state index in [-0.39, 0.29) is 5.91 Å². The molecular formula is C13H18N4O2. The Hall–Kier alpha value is -2.26. The van der Waals surface area contributed by atoms with Gasteiger partial charge in [0.1, 0.15) is 6.07 Å². The minimum atomic E-state index is -0.0360. The van der Waals surface area contributed by atoms with E-state index in [0.29, 0.717) is 37.4 Å². The van der Waals surface area contributed by atoms with Crippen molar-refractivity contribution >= 4 is 17.3 Å². The molecule has 0 aliphatic carbocycles. The number of hydrogen-bond acceptors (Lipinski definition) is 5. The molecule has 0 saturated carbocycles. The molecule has 0 aliphatic heterocycles. The first-order chi connectivity index (χ1) is 9.17. The number of hydrogen-bond donors (Lipinski definition) is 3. The highest BCUT2D eigenvalue weighted by Crippen LogP contribution is 2.16. The fourth-order valence-electron chi connectivity index (χ4n) is 1.48. The Morgan fingerprint density at radius 2 is 2.26 bits per heavy atom. The smallest absolute Gasteiger partial charge is 0.221 e. The molecule has 0 spiro atoms. The van der Waals surface area contributed by atoms with Crippen molar-refractivity contribution in [2.24, 2.45) is 0 Å². The van der Waals surface area contributed by atoms with Gasteiger partial charge >= 0.3 is 0 Å². The highest BCUT2D eigenvalue weighted by Gasteiger charge is 2.02. The maximum absolute atomic E-state index is 11.4. The summed E-state index contributed by atoms with van der Waals surface area (Å²) in [4.78, 5) is 11.4. The Labute approximate surface area is 112 Å². The molecule has 19 heavy (non-hydrogen) atoms. The first-order valence-electron chi connectivity index (χ1n) is 5.96. The molecule has 0 fully saturated rings. The van der Waals surface area contributed by atoms with Crippen LogP contribution in [-0.4, -0.2) is 32.7 Å². The van der Waals surface area contributed by atoms with Crippen LogP contribution in [0.5, 0.6) is 0 Å². The molecule has 0 heterocycles. The van der Waals surface area contributed by atoms with E-state index < -0.39 is 0 Å². The van der Waals surface area contributed by atoms with Gasteiger partial charge in [-0.05, 0) is 18.2 Å². The van der Waals surface area contributed by atoms with Crippen LogP contribution in [0.25, 0.3) is 0 Å². The van der Waals surface area contributed by atoms with Crippen molar-refractivity contribution in [1.82, 2.24) is 5.32 Å². The lowest BCUT2D eigenvalue weighted by Crippen LogP contribution is -2.28. The fourth-order valence-corrected chi connectivity index (χ4v) is 1.48. The van der Waals surface area contributed by atoms with E-state index in [1.165, 1.54) is 0 Å². The molecule has 0 aliphatic rings. The Kier molecular flexibility index (Phi) is 6.19. The first-order valence-corrected chi connectivity index (χ1v) is 5.96. The van der Waals surface area contributed by atoms with Crippen molar-refractivity contribution in [2.45, 2.75) is 6.42 Å². The number of nitriles is 1. The van der Waals surface area contributed by atoms with Gasteiger partial charge in [0, 0.05) is 32.3 Å². The summed E-state index contributed by atoms with van der Waals surface area (Å²) in [7, 11) is 1.59. The number of nitrogens with zero attached hydrogens (tertiary/aromatic N) is 1. The molecule has 1 rings (SSSR count). The second kappa shape index (κ2) is 7.95. The van der Waals surface area contributed by atoms with E-state index in [2.05, 4.69) is 10.6 Å². The van der Waals surface area contributed by atoms with Crippen LogP contribution in [0.4, 0.5) is 11.4 Å². The zero-order chi connectivity index (χ0) is 14.1. The van der Waals surface area contributed by atoms with Crippen molar-refractivity contribution in [3.05, 3.63) is 23.8 Å². The number of benzene rings is 1. The maximum atomic E-state index is 11.4. The number of methoxy groups -OCH3 is 1. The third kappa shape index (κ3) is 5.27. The molecule has 0 atom stereocenters. The van der Waals surface area contributed by atoms with Gasteiger partial charge in [0.2, 0.25) is 5.91 Å². The highest BCUT2D eigenvalue weighted by molar-refractivity contribution is 5.76. The van der Waals surface area contributed by atoms with Crippen molar-refractivity contribution < 1.29 is 9.53 Å². The molecule has 1 aromatic carbocycles. The second-order valence-corrected chi connectivity index (χ2v) is 3.93. The first kappa shape index (κ1) is 14.8. The van der Waals surface area contributed by atoms with E-state index in [1.807, 2.05) is 6.07 Å². The molecule has 1 amide bonds. The number of ether oxygens (including phenoxy) is 1. The number of nitrogens with one attached hydrogen (secondary N) is 2. The van der Waals surface area contributed by atoms with Crippen LogP contribution in [0.1, 0.15) is 12.0 Å². The average molecular weight is 262 g/mol. The molecule has 0 radical (unpaired) electrons. The molecule has 6 heteroatoms. The molecule has 0 saturated heterocycles. The van der Waals surface area contributed by atoms with E-state index >= 15 is 0 Å². The summed E-state index contributed by atoms with van der Waals surface area (Å²) in [5, 5.41) is 14.6. The molecular weight excluding hydrogens is 244 g/mol. The minimum absolute atomic E-state index is 0.0360. The van der Waals surface area contributed by atoms with Crippen molar-refractivity contribution in [3.63, 3.8) is 0 Å². The zero-order valence-corrected chi connectivity index (χ0v) is 10.9. The number of carbonyl (C=O) groups is 1. The summed E-state index contributed by atoms with van der Waals surface area (Å²) in [5.41, 5.74) is 7.36. The van der Waals surface area contributed by atoms with E-state index in [4.69, 9.17) is 15.7 Å². The summed E-state index contributed by atoms with van der Waals surface area (Å²) in [6, 6.07) is 7.09. The summed E-state index contributed by atoms with van der Waals surface area (Å²) in [6.45, 7) is 1.52. The van der Waals surface area contributed by atoms with Gasteiger partial charge in [-0.2, -0.15) is 5.26 Å². The number of nitrogen functional groups attached to an aromatic ring is 1. The topological polar surface area (TPSA) is 100 Å². The highest BCUT2D eigenvalue weighted by atomic mass is 16.5. The molecule has 1 aromatic rings. The molecule has 4 N–H and O–H groups in total. The van der Waals surface area contributed by atoms with Gasteiger partial charge in [-0.15, -0.1) is 0 Å². The lowest BCUT2D eigenvalue weighted by Gasteiger charge is -2.08. The molecule has 0 unspecified atom stereocenters. The van der Waals surface area contributed by atoms with Crippen molar-refractivity contribution in [1.29, 1.82) is 5.26 Å². The molecule has 102 valence electrons. The monoisotopic (exact) mass is 262 g/mol. The van der Waals surface area contributed by atoms with Crippen LogP contribution in [0.15, 0.2) is 18.2 Å². The SMILES string of the molecule is COCCNC(=O)CCNc1ccc(C#N)c(N)c1. The average Bonchev–Trinajstić information content (AvgIpc) is 2.39. The van der Waals surface area contributed by atoms with Crippen LogP contribution >= 0.6 is 0 Å². The van der Waals surface area contributed by atoms with E-state index in [9.17, 15) is 4.79 Å². The summed E-state index contributed by atoms with van der Waals surface area (Å²) < 4.78 is 4.83. The second-order valence-electron chi connectivity index (χ2n) is 3.93. The molecule has 6 nitrogen and oxygen atoms in total. The number of amides is 1. The van der Waals surface area contributed by atoms with Gasteiger partial charge in [0.15, 0.2) is 0 Å². The van der Waals surface area contributed by atoms with Crippen LogP contribution in [0, 0.1) is 11.3 Å². The predicted octanol–water partition coefficient (Wildman–Crippen LogP) is 0.705.